The number of fused-ring (bicyclic) bond motifs is 1. The Morgan fingerprint density at radius 2 is 2.03 bits per heavy atom. The molecule has 1 aromatic rings. The lowest BCUT2D eigenvalue weighted by Gasteiger charge is -2.20. The highest BCUT2D eigenvalue weighted by atomic mass is 19.4. The second kappa shape index (κ2) is 7.76. The van der Waals surface area contributed by atoms with Crippen molar-refractivity contribution in [2.75, 3.05) is 13.1 Å². The number of hydrogen-bond donors (Lipinski definition) is 2. The van der Waals surface area contributed by atoms with E-state index in [1.165, 1.54) is 0 Å². The van der Waals surface area contributed by atoms with Gasteiger partial charge in [0.15, 0.2) is 0 Å². The van der Waals surface area contributed by atoms with E-state index in [-0.39, 0.29) is 12.0 Å². The Bertz CT molecular complexity index is 833. The Morgan fingerprint density at radius 3 is 2.66 bits per heavy atom. The van der Waals surface area contributed by atoms with Gasteiger partial charge >= 0.3 is 6.18 Å². The lowest BCUT2D eigenvalue weighted by molar-refractivity contribution is -0.150. The predicted molar refractivity (Wildman–Crippen MR) is 111 cm³/mol. The maximum atomic E-state index is 12.9. The molecule has 1 atom stereocenters. The van der Waals surface area contributed by atoms with E-state index >= 15 is 0 Å². The molecule has 29 heavy (non-hydrogen) atoms. The number of nitrogens with zero attached hydrogens (tertiary/aromatic N) is 2. The van der Waals surface area contributed by atoms with Crippen molar-refractivity contribution in [2.24, 2.45) is 10.4 Å². The molecular formula is C22H29F3N4. The van der Waals surface area contributed by atoms with E-state index in [1.807, 2.05) is 18.2 Å². The number of benzene rings is 1. The molecule has 0 amide bonds. The van der Waals surface area contributed by atoms with Gasteiger partial charge in [-0.15, -0.1) is 0 Å². The summed E-state index contributed by atoms with van der Waals surface area (Å²) in [5.74, 6) is 0.304. The SMILES string of the molecule is C=C(CC(C)(C)C)NCC1=Nc2cc(CN3CC(C(F)(F)F)NC3=C)ccc2C1. The van der Waals surface area contributed by atoms with Gasteiger partial charge in [0.2, 0.25) is 0 Å². The molecule has 1 aromatic carbocycles. The van der Waals surface area contributed by atoms with Crippen LogP contribution in [-0.2, 0) is 13.0 Å². The summed E-state index contributed by atoms with van der Waals surface area (Å²) >= 11 is 0. The first-order valence-electron chi connectivity index (χ1n) is 9.78. The summed E-state index contributed by atoms with van der Waals surface area (Å²) in [6.07, 6.45) is -2.61. The van der Waals surface area contributed by atoms with Gasteiger partial charge < -0.3 is 15.5 Å². The van der Waals surface area contributed by atoms with E-state index in [9.17, 15) is 13.2 Å². The van der Waals surface area contributed by atoms with Crippen molar-refractivity contribution < 1.29 is 13.2 Å². The minimum atomic E-state index is -4.28. The van der Waals surface area contributed by atoms with E-state index in [0.717, 1.165) is 41.1 Å². The third-order valence-electron chi connectivity index (χ3n) is 5.00. The fourth-order valence-electron chi connectivity index (χ4n) is 3.66. The van der Waals surface area contributed by atoms with Crippen molar-refractivity contribution in [2.45, 2.75) is 52.4 Å². The van der Waals surface area contributed by atoms with Gasteiger partial charge in [0, 0.05) is 30.9 Å². The third kappa shape index (κ3) is 5.55. The van der Waals surface area contributed by atoms with Crippen LogP contribution in [0.15, 0.2) is 47.9 Å². The molecule has 2 heterocycles. The van der Waals surface area contributed by atoms with Crippen molar-refractivity contribution in [3.8, 4) is 0 Å². The first kappa shape index (κ1) is 21.3. The number of hydrogen-bond acceptors (Lipinski definition) is 4. The van der Waals surface area contributed by atoms with Crippen LogP contribution in [0.5, 0.6) is 0 Å². The molecule has 2 N–H and O–H groups in total. The topological polar surface area (TPSA) is 39.7 Å². The summed E-state index contributed by atoms with van der Waals surface area (Å²) in [5, 5.41) is 5.78. The molecule has 0 saturated carbocycles. The molecule has 0 aromatic heterocycles. The Morgan fingerprint density at radius 1 is 1.31 bits per heavy atom. The van der Waals surface area contributed by atoms with E-state index in [1.54, 1.807) is 4.90 Å². The zero-order valence-electron chi connectivity index (χ0n) is 17.3. The highest BCUT2D eigenvalue weighted by Gasteiger charge is 2.44. The van der Waals surface area contributed by atoms with Crippen molar-refractivity contribution in [1.82, 2.24) is 15.5 Å². The summed E-state index contributed by atoms with van der Waals surface area (Å²) in [6, 6.07) is 4.36. The fourth-order valence-corrected chi connectivity index (χ4v) is 3.66. The molecule has 2 aliphatic heterocycles. The molecule has 7 heteroatoms. The lowest BCUT2D eigenvalue weighted by Crippen LogP contribution is -2.39. The molecule has 1 saturated heterocycles. The number of allylic oxidation sites excluding steroid dienone is 1. The number of halogens is 3. The summed E-state index contributed by atoms with van der Waals surface area (Å²) in [7, 11) is 0. The van der Waals surface area contributed by atoms with Crippen LogP contribution in [-0.4, -0.2) is 35.9 Å². The second-order valence-electron chi connectivity index (χ2n) is 9.08. The zero-order valence-corrected chi connectivity index (χ0v) is 17.3. The van der Waals surface area contributed by atoms with Crippen LogP contribution in [0.25, 0.3) is 0 Å². The minimum Gasteiger partial charge on any atom is -0.383 e. The van der Waals surface area contributed by atoms with Gasteiger partial charge in [-0.25, -0.2) is 0 Å². The Labute approximate surface area is 170 Å². The number of aliphatic imine (C=N–C) groups is 1. The molecule has 4 nitrogen and oxygen atoms in total. The average Bonchev–Trinajstić information content (AvgIpc) is 3.14. The highest BCUT2D eigenvalue weighted by molar-refractivity contribution is 5.95. The van der Waals surface area contributed by atoms with Crippen LogP contribution >= 0.6 is 0 Å². The summed E-state index contributed by atoms with van der Waals surface area (Å²) in [4.78, 5) is 6.33. The molecule has 1 fully saturated rings. The molecule has 0 aliphatic carbocycles. The van der Waals surface area contributed by atoms with E-state index < -0.39 is 12.2 Å². The molecule has 0 bridgehead atoms. The Kier molecular flexibility index (Phi) is 5.70. The van der Waals surface area contributed by atoms with Crippen molar-refractivity contribution in [1.29, 1.82) is 0 Å². The first-order chi connectivity index (χ1) is 13.4. The van der Waals surface area contributed by atoms with Gasteiger partial charge in [0.1, 0.15) is 6.04 Å². The van der Waals surface area contributed by atoms with Crippen LogP contribution in [0.2, 0.25) is 0 Å². The van der Waals surface area contributed by atoms with Crippen molar-refractivity contribution in [3.05, 3.63) is 54.0 Å². The van der Waals surface area contributed by atoms with Gasteiger partial charge in [-0.2, -0.15) is 13.2 Å². The standard InChI is InChI=1S/C22H29F3N4/c1-14(10-21(3,4)5)26-11-18-9-17-7-6-16(8-19(17)28-18)12-29-13-20(22(23,24)25)27-15(29)2/h6-8,20,26-27H,1-2,9-13H2,3-5H3. The molecule has 1 unspecified atom stereocenters. The first-order valence-corrected chi connectivity index (χ1v) is 9.78. The number of alkyl halides is 3. The van der Waals surface area contributed by atoms with E-state index in [0.29, 0.717) is 18.9 Å². The number of nitrogens with one attached hydrogen (secondary N) is 2. The van der Waals surface area contributed by atoms with E-state index in [4.69, 9.17) is 4.99 Å². The molecule has 3 rings (SSSR count). The number of rotatable bonds is 6. The minimum absolute atomic E-state index is 0.131. The largest absolute Gasteiger partial charge is 0.410 e. The van der Waals surface area contributed by atoms with Gasteiger partial charge in [0.25, 0.3) is 0 Å². The Hall–Kier alpha value is -2.44. The van der Waals surface area contributed by atoms with Gasteiger partial charge in [-0.3, -0.25) is 4.99 Å². The molecule has 2 aliphatic rings. The quantitative estimate of drug-likeness (QED) is 0.722. The summed E-state index contributed by atoms with van der Waals surface area (Å²) < 4.78 is 38.8. The van der Waals surface area contributed by atoms with Gasteiger partial charge in [0.05, 0.1) is 18.1 Å². The third-order valence-corrected chi connectivity index (χ3v) is 5.00. The summed E-state index contributed by atoms with van der Waals surface area (Å²) in [5.41, 5.74) is 5.17. The maximum absolute atomic E-state index is 12.9. The van der Waals surface area contributed by atoms with Crippen molar-refractivity contribution in [3.63, 3.8) is 0 Å². The molecule has 158 valence electrons. The van der Waals surface area contributed by atoms with Crippen LogP contribution in [0.1, 0.15) is 38.3 Å². The fraction of sp³-hybridized carbons (Fsp3) is 0.500. The second-order valence-corrected chi connectivity index (χ2v) is 9.08. The van der Waals surface area contributed by atoms with Gasteiger partial charge in [-0.05, 0) is 29.0 Å². The van der Waals surface area contributed by atoms with Crippen molar-refractivity contribution >= 4 is 11.4 Å². The smallest absolute Gasteiger partial charge is 0.383 e. The normalized spacial score (nSPS) is 19.1. The average molecular weight is 406 g/mol. The van der Waals surface area contributed by atoms with Gasteiger partial charge in [-0.1, -0.05) is 46.1 Å². The molecular weight excluding hydrogens is 377 g/mol. The molecule has 0 spiro atoms. The highest BCUT2D eigenvalue weighted by Crippen LogP contribution is 2.31. The molecule has 0 radical (unpaired) electrons. The van der Waals surface area contributed by atoms with Crippen LogP contribution in [0, 0.1) is 5.41 Å². The maximum Gasteiger partial charge on any atom is 0.410 e. The van der Waals surface area contributed by atoms with Crippen LogP contribution in [0.4, 0.5) is 18.9 Å². The van der Waals surface area contributed by atoms with Crippen LogP contribution in [0.3, 0.4) is 0 Å². The monoisotopic (exact) mass is 406 g/mol. The van der Waals surface area contributed by atoms with Crippen LogP contribution < -0.4 is 10.6 Å². The Balaban J connectivity index is 1.59. The zero-order chi connectivity index (χ0) is 21.4. The predicted octanol–water partition coefficient (Wildman–Crippen LogP) is 4.66. The summed E-state index contributed by atoms with van der Waals surface area (Å²) in [6.45, 7) is 15.2. The van der Waals surface area contributed by atoms with E-state index in [2.05, 4.69) is 44.6 Å². The lowest BCUT2D eigenvalue weighted by atomic mass is 9.91.